The first-order chi connectivity index (χ1) is 7.48. The van der Waals surface area contributed by atoms with Gasteiger partial charge in [-0.15, -0.1) is 0 Å². The Hall–Kier alpha value is -2.04. The maximum atomic E-state index is 11.6. The number of furan rings is 1. The molecule has 1 aromatic rings. The Labute approximate surface area is 92.2 Å². The molecule has 0 saturated carbocycles. The van der Waals surface area contributed by atoms with Crippen molar-refractivity contribution < 1.29 is 18.7 Å². The van der Waals surface area contributed by atoms with Gasteiger partial charge in [0.15, 0.2) is 0 Å². The van der Waals surface area contributed by atoms with E-state index in [0.29, 0.717) is 5.76 Å². The standard InChI is InChI=1S/C11H11NO4/c1-11(2)15-9(12)8(10(13)16-11)6-7-4-3-5-14-7/h3-6,12H,1-2H3/b8-6+,12-9?. The van der Waals surface area contributed by atoms with Crippen molar-refractivity contribution in [2.24, 2.45) is 0 Å². The van der Waals surface area contributed by atoms with Crippen molar-refractivity contribution in [3.63, 3.8) is 0 Å². The summed E-state index contributed by atoms with van der Waals surface area (Å²) in [6.45, 7) is 3.15. The fourth-order valence-corrected chi connectivity index (χ4v) is 1.33. The summed E-state index contributed by atoms with van der Waals surface area (Å²) >= 11 is 0. The van der Waals surface area contributed by atoms with Crippen molar-refractivity contribution in [3.05, 3.63) is 29.7 Å². The summed E-state index contributed by atoms with van der Waals surface area (Å²) in [6.07, 6.45) is 2.90. The highest BCUT2D eigenvalue weighted by atomic mass is 16.7. The van der Waals surface area contributed by atoms with Crippen molar-refractivity contribution >= 4 is 17.9 Å². The molecule has 0 aliphatic carbocycles. The van der Waals surface area contributed by atoms with Crippen LogP contribution >= 0.6 is 0 Å². The topological polar surface area (TPSA) is 72.5 Å². The third kappa shape index (κ3) is 1.98. The number of carbonyl (C=O) groups excluding carboxylic acids is 1. The van der Waals surface area contributed by atoms with E-state index in [1.54, 1.807) is 26.0 Å². The van der Waals surface area contributed by atoms with E-state index in [9.17, 15) is 4.79 Å². The Balaban J connectivity index is 2.30. The fraction of sp³-hybridized carbons (Fsp3) is 0.273. The van der Waals surface area contributed by atoms with Gasteiger partial charge in [0, 0.05) is 19.9 Å². The highest BCUT2D eigenvalue weighted by molar-refractivity contribution is 6.19. The van der Waals surface area contributed by atoms with Gasteiger partial charge in [0.25, 0.3) is 5.79 Å². The molecule has 1 saturated heterocycles. The molecule has 0 aromatic carbocycles. The minimum atomic E-state index is -1.09. The molecule has 1 aliphatic heterocycles. The molecule has 1 aliphatic rings. The first kappa shape index (κ1) is 10.5. The van der Waals surface area contributed by atoms with Crippen LogP contribution in [0.25, 0.3) is 6.08 Å². The lowest BCUT2D eigenvalue weighted by Gasteiger charge is -2.31. The van der Waals surface area contributed by atoms with E-state index in [4.69, 9.17) is 19.3 Å². The fourth-order valence-electron chi connectivity index (χ4n) is 1.33. The lowest BCUT2D eigenvalue weighted by molar-refractivity contribution is -0.191. The minimum absolute atomic E-state index is 0.0503. The average molecular weight is 221 g/mol. The first-order valence-electron chi connectivity index (χ1n) is 4.74. The van der Waals surface area contributed by atoms with Crippen LogP contribution < -0.4 is 0 Å². The maximum Gasteiger partial charge on any atom is 0.347 e. The molecule has 1 aromatic heterocycles. The van der Waals surface area contributed by atoms with Crippen LogP contribution in [0, 0.1) is 5.41 Å². The van der Waals surface area contributed by atoms with Gasteiger partial charge in [-0.3, -0.25) is 5.41 Å². The van der Waals surface area contributed by atoms with Crippen LogP contribution in [0.3, 0.4) is 0 Å². The Morgan fingerprint density at radius 3 is 2.69 bits per heavy atom. The molecule has 0 amide bonds. The Bertz CT molecular complexity index is 434. The third-order valence-corrected chi connectivity index (χ3v) is 1.98. The number of esters is 1. The number of nitrogens with one attached hydrogen (secondary N) is 1. The molecule has 2 heterocycles. The molecule has 0 spiro atoms. The number of cyclic esters (lactones) is 1. The predicted octanol–water partition coefficient (Wildman–Crippen LogP) is 1.95. The maximum absolute atomic E-state index is 11.6. The summed E-state index contributed by atoms with van der Waals surface area (Å²) < 4.78 is 15.2. The normalized spacial score (nSPS) is 21.8. The van der Waals surface area contributed by atoms with Crippen LogP contribution in [0.4, 0.5) is 0 Å². The van der Waals surface area contributed by atoms with Crippen molar-refractivity contribution in [2.75, 3.05) is 0 Å². The van der Waals surface area contributed by atoms with Gasteiger partial charge in [-0.1, -0.05) is 0 Å². The van der Waals surface area contributed by atoms with Gasteiger partial charge in [0.2, 0.25) is 5.90 Å². The Morgan fingerprint density at radius 1 is 1.38 bits per heavy atom. The molecule has 5 nitrogen and oxygen atoms in total. The molecular weight excluding hydrogens is 210 g/mol. The van der Waals surface area contributed by atoms with Crippen LogP contribution in [0.15, 0.2) is 28.4 Å². The van der Waals surface area contributed by atoms with Crippen LogP contribution in [0.1, 0.15) is 19.6 Å². The lowest BCUT2D eigenvalue weighted by atomic mass is 10.2. The van der Waals surface area contributed by atoms with Gasteiger partial charge in [0.1, 0.15) is 11.3 Å². The molecule has 5 heteroatoms. The predicted molar refractivity (Wildman–Crippen MR) is 55.7 cm³/mol. The highest BCUT2D eigenvalue weighted by Gasteiger charge is 2.36. The number of hydrogen-bond acceptors (Lipinski definition) is 5. The van der Waals surface area contributed by atoms with Crippen LogP contribution in [0.5, 0.6) is 0 Å². The van der Waals surface area contributed by atoms with E-state index in [1.807, 2.05) is 0 Å². The summed E-state index contributed by atoms with van der Waals surface area (Å²) in [5, 5.41) is 7.60. The molecule has 0 bridgehead atoms. The van der Waals surface area contributed by atoms with E-state index in [2.05, 4.69) is 0 Å². The molecule has 1 fully saturated rings. The van der Waals surface area contributed by atoms with E-state index in [1.165, 1.54) is 12.3 Å². The zero-order valence-corrected chi connectivity index (χ0v) is 8.94. The van der Waals surface area contributed by atoms with E-state index in [0.717, 1.165) is 0 Å². The van der Waals surface area contributed by atoms with Crippen LogP contribution in [-0.4, -0.2) is 17.7 Å². The quantitative estimate of drug-likeness (QED) is 0.581. The van der Waals surface area contributed by atoms with Crippen molar-refractivity contribution in [3.8, 4) is 0 Å². The van der Waals surface area contributed by atoms with Gasteiger partial charge in [-0.25, -0.2) is 4.79 Å². The van der Waals surface area contributed by atoms with Crippen molar-refractivity contribution in [1.82, 2.24) is 0 Å². The highest BCUT2D eigenvalue weighted by Crippen LogP contribution is 2.24. The lowest BCUT2D eigenvalue weighted by Crippen LogP contribution is -2.41. The average Bonchev–Trinajstić information content (AvgIpc) is 2.62. The van der Waals surface area contributed by atoms with Gasteiger partial charge in [-0.05, 0) is 12.1 Å². The zero-order chi connectivity index (χ0) is 11.8. The first-order valence-corrected chi connectivity index (χ1v) is 4.74. The SMILES string of the molecule is CC1(C)OC(=N)/C(=C\c2ccco2)C(=O)O1. The molecule has 0 unspecified atom stereocenters. The third-order valence-electron chi connectivity index (χ3n) is 1.98. The molecule has 1 N–H and O–H groups in total. The van der Waals surface area contributed by atoms with Crippen molar-refractivity contribution in [1.29, 1.82) is 5.41 Å². The molecule has 0 atom stereocenters. The second-order valence-electron chi connectivity index (χ2n) is 3.79. The number of ether oxygens (including phenoxy) is 2. The van der Waals surface area contributed by atoms with Gasteiger partial charge >= 0.3 is 5.97 Å². The Kier molecular flexibility index (Phi) is 2.30. The van der Waals surface area contributed by atoms with E-state index in [-0.39, 0.29) is 11.5 Å². The molecule has 84 valence electrons. The van der Waals surface area contributed by atoms with Gasteiger partial charge < -0.3 is 13.9 Å². The summed E-state index contributed by atoms with van der Waals surface area (Å²) in [5.74, 6) is -1.41. The molecule has 16 heavy (non-hydrogen) atoms. The van der Waals surface area contributed by atoms with Crippen LogP contribution in [0.2, 0.25) is 0 Å². The summed E-state index contributed by atoms with van der Waals surface area (Å²) in [5.41, 5.74) is 0.0503. The van der Waals surface area contributed by atoms with Gasteiger partial charge in [-0.2, -0.15) is 0 Å². The second-order valence-corrected chi connectivity index (χ2v) is 3.79. The van der Waals surface area contributed by atoms with Crippen molar-refractivity contribution in [2.45, 2.75) is 19.6 Å². The molecule has 0 radical (unpaired) electrons. The van der Waals surface area contributed by atoms with Crippen LogP contribution in [-0.2, 0) is 14.3 Å². The van der Waals surface area contributed by atoms with E-state index >= 15 is 0 Å². The molecular formula is C11H11NO4. The van der Waals surface area contributed by atoms with Gasteiger partial charge in [0.05, 0.1) is 6.26 Å². The summed E-state index contributed by atoms with van der Waals surface area (Å²) in [6, 6.07) is 3.36. The van der Waals surface area contributed by atoms with E-state index < -0.39 is 11.8 Å². The summed E-state index contributed by atoms with van der Waals surface area (Å²) in [4.78, 5) is 11.6. The minimum Gasteiger partial charge on any atom is -0.465 e. The smallest absolute Gasteiger partial charge is 0.347 e. The largest absolute Gasteiger partial charge is 0.465 e. The Morgan fingerprint density at radius 2 is 2.12 bits per heavy atom. The monoisotopic (exact) mass is 221 g/mol. The number of carbonyl (C=O) groups is 1. The number of hydrogen-bond donors (Lipinski definition) is 1. The number of rotatable bonds is 1. The zero-order valence-electron chi connectivity index (χ0n) is 8.94. The molecule has 2 rings (SSSR count). The summed E-state index contributed by atoms with van der Waals surface area (Å²) in [7, 11) is 0. The second kappa shape index (κ2) is 3.52.